The molecule has 3 nitrogen and oxygen atoms in total. The van der Waals surface area contributed by atoms with Crippen LogP contribution >= 0.6 is 0 Å². The predicted octanol–water partition coefficient (Wildman–Crippen LogP) is 7.00. The van der Waals surface area contributed by atoms with Crippen molar-refractivity contribution in [3.63, 3.8) is 0 Å². The minimum Gasteiger partial charge on any atom is -0.344 e. The molecule has 162 valence electrons. The Morgan fingerprint density at radius 2 is 1.18 bits per heavy atom. The van der Waals surface area contributed by atoms with E-state index >= 15 is 0 Å². The molecule has 5 aromatic rings. The predicted molar refractivity (Wildman–Crippen MR) is 141 cm³/mol. The maximum Gasteiger partial charge on any atom is 0.159 e. The second-order valence-corrected chi connectivity index (χ2v) is 8.35. The summed E-state index contributed by atoms with van der Waals surface area (Å²) in [5.74, 6) is 1.56. The Bertz CT molecular complexity index is 1500. The normalized spacial score (nSPS) is 15.4. The summed E-state index contributed by atoms with van der Waals surface area (Å²) in [6, 6.07) is 44.0. The Hall–Kier alpha value is -4.50. The summed E-state index contributed by atoms with van der Waals surface area (Å²) in [5, 5.41) is 5.93. The molecule has 0 bridgehead atoms. The highest BCUT2D eigenvalue weighted by atomic mass is 15.2. The van der Waals surface area contributed by atoms with Gasteiger partial charge >= 0.3 is 0 Å². The van der Waals surface area contributed by atoms with Crippen LogP contribution in [0.3, 0.4) is 0 Å². The molecule has 1 unspecified atom stereocenters. The second-order valence-electron chi connectivity index (χ2n) is 8.35. The van der Waals surface area contributed by atoms with Crippen molar-refractivity contribution in [2.24, 2.45) is 9.98 Å². The highest BCUT2D eigenvalue weighted by Crippen LogP contribution is 2.31. The van der Waals surface area contributed by atoms with E-state index < -0.39 is 0 Å². The van der Waals surface area contributed by atoms with Gasteiger partial charge in [0.1, 0.15) is 12.0 Å². The van der Waals surface area contributed by atoms with Crippen molar-refractivity contribution in [1.82, 2.24) is 5.32 Å². The quantitative estimate of drug-likeness (QED) is 0.323. The number of rotatable bonds is 4. The summed E-state index contributed by atoms with van der Waals surface area (Å²) < 4.78 is 0. The molecule has 3 heteroatoms. The van der Waals surface area contributed by atoms with Crippen LogP contribution in [0, 0.1) is 0 Å². The van der Waals surface area contributed by atoms with Gasteiger partial charge in [-0.25, -0.2) is 9.98 Å². The van der Waals surface area contributed by atoms with Crippen molar-refractivity contribution in [2.75, 3.05) is 0 Å². The van der Waals surface area contributed by atoms with Crippen LogP contribution in [0.5, 0.6) is 0 Å². The van der Waals surface area contributed by atoms with E-state index in [1.165, 1.54) is 21.9 Å². The number of amidine groups is 2. The lowest BCUT2D eigenvalue weighted by atomic mass is 9.95. The highest BCUT2D eigenvalue weighted by molar-refractivity contribution is 6.15. The van der Waals surface area contributed by atoms with Gasteiger partial charge in [-0.1, -0.05) is 115 Å². The average Bonchev–Trinajstić information content (AvgIpc) is 2.93. The third-order valence-corrected chi connectivity index (χ3v) is 6.11. The van der Waals surface area contributed by atoms with E-state index in [9.17, 15) is 0 Å². The molecule has 0 spiro atoms. The van der Waals surface area contributed by atoms with Gasteiger partial charge in [0.15, 0.2) is 5.84 Å². The van der Waals surface area contributed by atoms with Gasteiger partial charge in [-0.2, -0.15) is 0 Å². The minimum atomic E-state index is -0.212. The number of nitrogens with one attached hydrogen (secondary N) is 1. The number of nitrogens with zero attached hydrogens (tertiary/aromatic N) is 2. The Balaban J connectivity index is 1.54. The largest absolute Gasteiger partial charge is 0.344 e. The van der Waals surface area contributed by atoms with Crippen LogP contribution in [0.4, 0.5) is 0 Å². The molecule has 0 aliphatic carbocycles. The molecule has 1 atom stereocenters. The van der Waals surface area contributed by atoms with E-state index in [1.807, 2.05) is 42.5 Å². The van der Waals surface area contributed by atoms with Gasteiger partial charge in [0.25, 0.3) is 0 Å². The molecule has 0 aromatic heterocycles. The first-order valence-corrected chi connectivity index (χ1v) is 11.5. The summed E-state index contributed by atoms with van der Waals surface area (Å²) in [5.41, 5.74) is 5.52. The monoisotopic (exact) mass is 437 g/mol. The fourth-order valence-corrected chi connectivity index (χ4v) is 4.42. The van der Waals surface area contributed by atoms with Gasteiger partial charge in [-0.05, 0) is 39.6 Å². The first-order valence-electron chi connectivity index (χ1n) is 11.5. The van der Waals surface area contributed by atoms with Gasteiger partial charge < -0.3 is 5.32 Å². The van der Waals surface area contributed by atoms with Crippen molar-refractivity contribution in [3.05, 3.63) is 144 Å². The van der Waals surface area contributed by atoms with Crippen molar-refractivity contribution in [2.45, 2.75) is 6.17 Å². The zero-order chi connectivity index (χ0) is 22.7. The van der Waals surface area contributed by atoms with Crippen LogP contribution < -0.4 is 5.32 Å². The molecular weight excluding hydrogens is 414 g/mol. The number of benzene rings is 5. The van der Waals surface area contributed by atoms with Crippen molar-refractivity contribution in [3.8, 4) is 11.1 Å². The number of hydrogen-bond donors (Lipinski definition) is 1. The summed E-state index contributed by atoms with van der Waals surface area (Å²) in [4.78, 5) is 10.1. The van der Waals surface area contributed by atoms with Crippen LogP contribution in [0.2, 0.25) is 0 Å². The smallest absolute Gasteiger partial charge is 0.159 e. The van der Waals surface area contributed by atoms with Gasteiger partial charge in [0, 0.05) is 11.1 Å². The van der Waals surface area contributed by atoms with E-state index in [0.717, 1.165) is 28.4 Å². The summed E-state index contributed by atoms with van der Waals surface area (Å²) >= 11 is 0. The molecule has 5 aromatic carbocycles. The molecule has 0 saturated carbocycles. The van der Waals surface area contributed by atoms with Crippen LogP contribution in [0.25, 0.3) is 21.9 Å². The van der Waals surface area contributed by atoms with E-state index in [1.54, 1.807) is 0 Å². The lowest BCUT2D eigenvalue weighted by Crippen LogP contribution is -2.33. The summed E-state index contributed by atoms with van der Waals surface area (Å²) in [6.45, 7) is 0. The zero-order valence-corrected chi connectivity index (χ0v) is 18.6. The van der Waals surface area contributed by atoms with Gasteiger partial charge in [0.2, 0.25) is 0 Å². The third kappa shape index (κ3) is 3.89. The molecule has 1 aliphatic rings. The Morgan fingerprint density at radius 3 is 1.91 bits per heavy atom. The lowest BCUT2D eigenvalue weighted by molar-refractivity contribution is 0.674. The molecule has 0 saturated heterocycles. The first kappa shape index (κ1) is 20.1. The second kappa shape index (κ2) is 8.80. The number of hydrogen-bond acceptors (Lipinski definition) is 3. The Kier molecular flexibility index (Phi) is 5.21. The summed E-state index contributed by atoms with van der Waals surface area (Å²) in [7, 11) is 0. The zero-order valence-electron chi connectivity index (χ0n) is 18.6. The fourth-order valence-electron chi connectivity index (χ4n) is 4.42. The standard InChI is InChI=1S/C31H23N3/c1-4-12-22(13-5-1)28-21-26(20-25-18-10-11-19-27(25)28)31-33-29(23-14-6-2-7-15-23)32-30(34-31)24-16-8-3-9-17-24/h1-21,29H,(H,32,33,34). The number of aliphatic imine (C=N–C) groups is 2. The molecule has 34 heavy (non-hydrogen) atoms. The average molecular weight is 438 g/mol. The van der Waals surface area contributed by atoms with E-state index in [-0.39, 0.29) is 6.17 Å². The van der Waals surface area contributed by atoms with Crippen LogP contribution in [-0.4, -0.2) is 11.7 Å². The SMILES string of the molecule is c1ccc(C2=NC(c3cc(-c4ccccc4)c4ccccc4c3)=NC(c3ccccc3)N2)cc1. The molecule has 0 fully saturated rings. The van der Waals surface area contributed by atoms with Crippen LogP contribution in [-0.2, 0) is 0 Å². The number of fused-ring (bicyclic) bond motifs is 1. The minimum absolute atomic E-state index is 0.212. The summed E-state index contributed by atoms with van der Waals surface area (Å²) in [6.07, 6.45) is -0.212. The Morgan fingerprint density at radius 1 is 0.559 bits per heavy atom. The van der Waals surface area contributed by atoms with Gasteiger partial charge in [-0.3, -0.25) is 0 Å². The molecule has 0 amide bonds. The maximum absolute atomic E-state index is 5.06. The van der Waals surface area contributed by atoms with Crippen molar-refractivity contribution in [1.29, 1.82) is 0 Å². The van der Waals surface area contributed by atoms with Crippen LogP contribution in [0.1, 0.15) is 22.9 Å². The van der Waals surface area contributed by atoms with Crippen molar-refractivity contribution >= 4 is 22.4 Å². The van der Waals surface area contributed by atoms with Crippen LogP contribution in [0.15, 0.2) is 137 Å². The lowest BCUT2D eigenvalue weighted by Gasteiger charge is -2.24. The Labute approximate surface area is 199 Å². The third-order valence-electron chi connectivity index (χ3n) is 6.11. The molecular formula is C31H23N3. The van der Waals surface area contributed by atoms with Gasteiger partial charge in [0.05, 0.1) is 0 Å². The van der Waals surface area contributed by atoms with Gasteiger partial charge in [-0.15, -0.1) is 0 Å². The molecule has 6 rings (SSSR count). The molecule has 1 N–H and O–H groups in total. The molecule has 1 aliphatic heterocycles. The molecule has 0 radical (unpaired) electrons. The maximum atomic E-state index is 5.06. The highest BCUT2D eigenvalue weighted by Gasteiger charge is 2.21. The van der Waals surface area contributed by atoms with E-state index in [0.29, 0.717) is 0 Å². The van der Waals surface area contributed by atoms with E-state index in [4.69, 9.17) is 9.98 Å². The fraction of sp³-hybridized carbons (Fsp3) is 0.0323. The van der Waals surface area contributed by atoms with E-state index in [2.05, 4.69) is 90.2 Å². The molecule has 1 heterocycles. The topological polar surface area (TPSA) is 36.8 Å². The van der Waals surface area contributed by atoms with Crippen molar-refractivity contribution < 1.29 is 0 Å². The first-order chi connectivity index (χ1) is 16.8.